The van der Waals surface area contributed by atoms with Gasteiger partial charge in [0.05, 0.1) is 0 Å². The SMILES string of the molecule is CCN(C(=O)c1ccc(C(=O)N(CC)c2ccc(-c3ccc(-c4ccccc4)cc3)cc2)cc1)c1ccc(-c2ccc(-c3ccccc3)cc2)cc1. The van der Waals surface area contributed by atoms with Gasteiger partial charge in [-0.1, -0.05) is 133 Å². The minimum Gasteiger partial charge on any atom is -0.309 e. The highest BCUT2D eigenvalue weighted by Crippen LogP contribution is 2.29. The zero-order valence-electron chi connectivity index (χ0n) is 29.4. The number of rotatable bonds is 10. The fourth-order valence-electron chi connectivity index (χ4n) is 6.59. The number of anilines is 2. The van der Waals surface area contributed by atoms with Gasteiger partial charge in [0.25, 0.3) is 11.8 Å². The van der Waals surface area contributed by atoms with E-state index in [1.54, 1.807) is 34.1 Å². The van der Waals surface area contributed by atoms with Gasteiger partial charge in [0.15, 0.2) is 0 Å². The van der Waals surface area contributed by atoms with Crippen molar-refractivity contribution in [3.8, 4) is 44.5 Å². The molecule has 7 aromatic rings. The number of hydrogen-bond donors (Lipinski definition) is 0. The highest BCUT2D eigenvalue weighted by Gasteiger charge is 2.20. The van der Waals surface area contributed by atoms with Crippen molar-refractivity contribution < 1.29 is 9.59 Å². The topological polar surface area (TPSA) is 40.6 Å². The van der Waals surface area contributed by atoms with E-state index in [4.69, 9.17) is 0 Å². The third-order valence-electron chi connectivity index (χ3n) is 9.51. The largest absolute Gasteiger partial charge is 0.309 e. The van der Waals surface area contributed by atoms with Gasteiger partial charge in [-0.2, -0.15) is 0 Å². The van der Waals surface area contributed by atoms with Crippen molar-refractivity contribution in [1.82, 2.24) is 0 Å². The Morgan fingerprint density at radius 1 is 0.327 bits per heavy atom. The minimum atomic E-state index is -0.110. The van der Waals surface area contributed by atoms with Crippen molar-refractivity contribution in [2.45, 2.75) is 13.8 Å². The molecular formula is C48H40N2O2. The molecule has 0 saturated carbocycles. The Hall–Kier alpha value is -6.52. The molecule has 0 heterocycles. The van der Waals surface area contributed by atoms with E-state index in [2.05, 4.69) is 97.1 Å². The highest BCUT2D eigenvalue weighted by atomic mass is 16.2. The molecule has 7 rings (SSSR count). The van der Waals surface area contributed by atoms with E-state index in [-0.39, 0.29) is 11.8 Å². The van der Waals surface area contributed by atoms with E-state index in [0.29, 0.717) is 24.2 Å². The molecule has 4 heteroatoms. The first-order valence-electron chi connectivity index (χ1n) is 17.8. The average molecular weight is 677 g/mol. The molecule has 0 aliphatic heterocycles. The highest BCUT2D eigenvalue weighted by molar-refractivity contribution is 6.09. The summed E-state index contributed by atoms with van der Waals surface area (Å²) in [5, 5.41) is 0. The molecule has 7 aromatic carbocycles. The molecular weight excluding hydrogens is 637 g/mol. The van der Waals surface area contributed by atoms with Crippen LogP contribution in [0.4, 0.5) is 11.4 Å². The van der Waals surface area contributed by atoms with Crippen molar-refractivity contribution in [2.24, 2.45) is 0 Å². The van der Waals surface area contributed by atoms with Gasteiger partial charge >= 0.3 is 0 Å². The number of hydrogen-bond acceptors (Lipinski definition) is 2. The smallest absolute Gasteiger partial charge is 0.258 e. The van der Waals surface area contributed by atoms with Crippen LogP contribution in [0.5, 0.6) is 0 Å². The molecule has 4 nitrogen and oxygen atoms in total. The van der Waals surface area contributed by atoms with Crippen molar-refractivity contribution in [3.05, 3.63) is 193 Å². The Bertz CT molecular complexity index is 2080. The van der Waals surface area contributed by atoms with Gasteiger partial charge in [0.2, 0.25) is 0 Å². The predicted molar refractivity (Wildman–Crippen MR) is 216 cm³/mol. The molecule has 0 unspecified atom stereocenters. The third-order valence-corrected chi connectivity index (χ3v) is 9.51. The third kappa shape index (κ3) is 7.33. The minimum absolute atomic E-state index is 0.110. The summed E-state index contributed by atoms with van der Waals surface area (Å²) >= 11 is 0. The van der Waals surface area contributed by atoms with E-state index in [1.807, 2.05) is 74.5 Å². The molecule has 2 amide bonds. The van der Waals surface area contributed by atoms with Crippen LogP contribution in [-0.4, -0.2) is 24.9 Å². The predicted octanol–water partition coefficient (Wildman–Crippen LogP) is 11.7. The average Bonchev–Trinajstić information content (AvgIpc) is 3.22. The van der Waals surface area contributed by atoms with Gasteiger partial charge in [-0.3, -0.25) is 9.59 Å². The maximum atomic E-state index is 13.7. The Labute approximate surface area is 306 Å². The van der Waals surface area contributed by atoms with Crippen LogP contribution >= 0.6 is 0 Å². The summed E-state index contributed by atoms with van der Waals surface area (Å²) in [6.45, 7) is 4.97. The van der Waals surface area contributed by atoms with Gasteiger partial charge < -0.3 is 9.80 Å². The van der Waals surface area contributed by atoms with Gasteiger partial charge in [-0.05, 0) is 107 Å². The maximum Gasteiger partial charge on any atom is 0.258 e. The normalized spacial score (nSPS) is 10.8. The summed E-state index contributed by atoms with van der Waals surface area (Å²) in [4.78, 5) is 30.8. The van der Waals surface area contributed by atoms with Crippen LogP contribution in [0.15, 0.2) is 182 Å². The van der Waals surface area contributed by atoms with E-state index >= 15 is 0 Å². The fourth-order valence-corrected chi connectivity index (χ4v) is 6.59. The Balaban J connectivity index is 1.01. The van der Waals surface area contributed by atoms with Crippen LogP contribution in [0.1, 0.15) is 34.6 Å². The fraction of sp³-hybridized carbons (Fsp3) is 0.0833. The zero-order chi connectivity index (χ0) is 35.9. The van der Waals surface area contributed by atoms with Gasteiger partial charge in [0.1, 0.15) is 0 Å². The molecule has 0 aliphatic rings. The van der Waals surface area contributed by atoms with Gasteiger partial charge in [0, 0.05) is 35.6 Å². The van der Waals surface area contributed by atoms with E-state index in [0.717, 1.165) is 33.6 Å². The van der Waals surface area contributed by atoms with Crippen LogP contribution in [0.2, 0.25) is 0 Å². The quantitative estimate of drug-likeness (QED) is 0.145. The summed E-state index contributed by atoms with van der Waals surface area (Å²) in [5.41, 5.74) is 11.8. The molecule has 0 aliphatic carbocycles. The summed E-state index contributed by atoms with van der Waals surface area (Å²) in [6, 6.07) is 60.9. The van der Waals surface area contributed by atoms with Gasteiger partial charge in [-0.25, -0.2) is 0 Å². The van der Waals surface area contributed by atoms with Gasteiger partial charge in [-0.15, -0.1) is 0 Å². The number of amides is 2. The number of nitrogens with zero attached hydrogens (tertiary/aromatic N) is 2. The molecule has 0 N–H and O–H groups in total. The van der Waals surface area contributed by atoms with Crippen LogP contribution in [0, 0.1) is 0 Å². The molecule has 0 atom stereocenters. The second kappa shape index (κ2) is 15.6. The first-order valence-corrected chi connectivity index (χ1v) is 17.8. The van der Waals surface area contributed by atoms with Crippen LogP contribution in [0.25, 0.3) is 44.5 Å². The molecule has 0 spiro atoms. The van der Waals surface area contributed by atoms with Crippen molar-refractivity contribution in [2.75, 3.05) is 22.9 Å². The second-order valence-corrected chi connectivity index (χ2v) is 12.7. The molecule has 0 bridgehead atoms. The Morgan fingerprint density at radius 3 is 0.808 bits per heavy atom. The lowest BCUT2D eigenvalue weighted by molar-refractivity contribution is 0.0977. The second-order valence-electron chi connectivity index (χ2n) is 12.7. The summed E-state index contributed by atoms with van der Waals surface area (Å²) in [7, 11) is 0. The van der Waals surface area contributed by atoms with Crippen LogP contribution < -0.4 is 9.80 Å². The summed E-state index contributed by atoms with van der Waals surface area (Å²) in [5.74, 6) is -0.220. The van der Waals surface area contributed by atoms with Crippen molar-refractivity contribution >= 4 is 23.2 Å². The molecule has 0 saturated heterocycles. The van der Waals surface area contributed by atoms with E-state index in [1.165, 1.54) is 22.3 Å². The zero-order valence-corrected chi connectivity index (χ0v) is 29.4. The summed E-state index contributed by atoms with van der Waals surface area (Å²) < 4.78 is 0. The van der Waals surface area contributed by atoms with E-state index < -0.39 is 0 Å². The van der Waals surface area contributed by atoms with Crippen molar-refractivity contribution in [3.63, 3.8) is 0 Å². The Morgan fingerprint density at radius 2 is 0.558 bits per heavy atom. The number of benzene rings is 7. The molecule has 0 aromatic heterocycles. The summed E-state index contributed by atoms with van der Waals surface area (Å²) in [6.07, 6.45) is 0. The monoisotopic (exact) mass is 676 g/mol. The van der Waals surface area contributed by atoms with Crippen molar-refractivity contribution in [1.29, 1.82) is 0 Å². The van der Waals surface area contributed by atoms with Crippen LogP contribution in [-0.2, 0) is 0 Å². The molecule has 0 radical (unpaired) electrons. The lowest BCUT2D eigenvalue weighted by Crippen LogP contribution is -2.31. The maximum absolute atomic E-state index is 13.7. The molecule has 52 heavy (non-hydrogen) atoms. The lowest BCUT2D eigenvalue weighted by atomic mass is 10.00. The first kappa shape index (κ1) is 34.0. The first-order chi connectivity index (χ1) is 25.5. The van der Waals surface area contributed by atoms with E-state index in [9.17, 15) is 9.59 Å². The Kier molecular flexibility index (Phi) is 10.2. The molecule has 0 fully saturated rings. The number of carbonyl (C=O) groups is 2. The number of carbonyl (C=O) groups excluding carboxylic acids is 2. The van der Waals surface area contributed by atoms with Crippen LogP contribution in [0.3, 0.4) is 0 Å². The molecule has 254 valence electrons. The lowest BCUT2D eigenvalue weighted by Gasteiger charge is -2.23. The standard InChI is InChI=1S/C48H40N2O2/c1-3-49(45-31-27-41(28-32-45)39-19-15-37(16-20-39)35-11-7-5-8-12-35)47(51)43-23-25-44(26-24-43)48(52)50(4-2)46-33-29-42(30-34-46)40-21-17-38(18-22-40)36-13-9-6-10-14-36/h5-34H,3-4H2,1-2H3.